The molecule has 3 aromatic carbocycles. The molecule has 0 atom stereocenters. The van der Waals surface area contributed by atoms with Gasteiger partial charge in [0.25, 0.3) is 0 Å². The summed E-state index contributed by atoms with van der Waals surface area (Å²) in [5.74, 6) is -1.15. The van der Waals surface area contributed by atoms with E-state index in [1.54, 1.807) is 21.9 Å². The van der Waals surface area contributed by atoms with Gasteiger partial charge in [0.15, 0.2) is 0 Å². The van der Waals surface area contributed by atoms with Crippen LogP contribution in [0, 0.1) is 11.2 Å². The minimum Gasteiger partial charge on any atom is -0.481 e. The summed E-state index contributed by atoms with van der Waals surface area (Å²) >= 11 is 0. The molecule has 7 nitrogen and oxygen atoms in total. The fourth-order valence-corrected chi connectivity index (χ4v) is 5.49. The van der Waals surface area contributed by atoms with Crippen LogP contribution in [0.1, 0.15) is 38.7 Å². The first-order chi connectivity index (χ1) is 19.1. The smallest absolute Gasteiger partial charge is 0.324 e. The molecule has 2 aliphatic heterocycles. The van der Waals surface area contributed by atoms with Crippen LogP contribution in [0.3, 0.4) is 0 Å². The average Bonchev–Trinajstić information content (AvgIpc) is 3.24. The van der Waals surface area contributed by atoms with Gasteiger partial charge in [-0.25, -0.2) is 9.18 Å². The summed E-state index contributed by atoms with van der Waals surface area (Å²) in [6.07, 6.45) is 1.30. The molecule has 0 radical (unpaired) electrons. The standard InChI is InChI=1S/C19H24N2O4.C13H12FN/c1-18(2)13-21(15-6-4-3-5-14(15)18)17(25)20-10-7-19(8-11-20,9-12-22)16(23)24;1-15(11-7-3-2-4-8-11)13-10-6-5-9-12(13)14/h3-6,12H,7-11,13H2,1-2H3,(H,23,24);2-10H,1H3. The normalized spacial score (nSPS) is 16.8. The number of benzene rings is 3. The number of fused-ring (bicyclic) bond motifs is 1. The van der Waals surface area contributed by atoms with E-state index in [9.17, 15) is 23.9 Å². The first-order valence-corrected chi connectivity index (χ1v) is 13.5. The highest BCUT2D eigenvalue weighted by atomic mass is 19.1. The fourth-order valence-electron chi connectivity index (χ4n) is 5.49. The Labute approximate surface area is 234 Å². The van der Waals surface area contributed by atoms with Crippen molar-refractivity contribution in [2.75, 3.05) is 36.5 Å². The molecule has 5 rings (SSSR count). The molecule has 0 spiro atoms. The number of carboxylic acids is 1. The van der Waals surface area contributed by atoms with Crippen molar-refractivity contribution >= 4 is 35.3 Å². The van der Waals surface area contributed by atoms with Gasteiger partial charge in [-0.1, -0.05) is 62.4 Å². The van der Waals surface area contributed by atoms with Gasteiger partial charge in [-0.05, 0) is 48.7 Å². The number of carbonyl (C=O) groups excluding carboxylic acids is 2. The molecule has 210 valence electrons. The highest BCUT2D eigenvalue weighted by Gasteiger charge is 2.44. The van der Waals surface area contributed by atoms with Gasteiger partial charge in [0.05, 0.1) is 11.1 Å². The number of urea groups is 1. The number of rotatable bonds is 5. The molecule has 0 bridgehead atoms. The minimum absolute atomic E-state index is 0.00391. The highest BCUT2D eigenvalue weighted by molar-refractivity contribution is 5.95. The zero-order chi connectivity index (χ0) is 28.9. The molecular formula is C32H36FN3O4. The Kier molecular flexibility index (Phi) is 8.57. The predicted octanol–water partition coefficient (Wildman–Crippen LogP) is 6.25. The molecule has 3 aromatic rings. The molecule has 1 saturated heterocycles. The number of hydrogen-bond acceptors (Lipinski definition) is 4. The Bertz CT molecular complexity index is 1350. The Hall–Kier alpha value is -4.20. The lowest BCUT2D eigenvalue weighted by atomic mass is 9.76. The van der Waals surface area contributed by atoms with E-state index in [2.05, 4.69) is 19.9 Å². The number of aldehydes is 1. The maximum absolute atomic E-state index is 13.5. The second-order valence-electron chi connectivity index (χ2n) is 11.1. The van der Waals surface area contributed by atoms with Crippen LogP contribution in [-0.2, 0) is 15.0 Å². The van der Waals surface area contributed by atoms with Crippen LogP contribution in [0.4, 0.5) is 26.2 Å². The fraction of sp³-hybridized carbons (Fsp3) is 0.344. The SMILES string of the molecule is CC1(C)CN(C(=O)N2CCC(CC=O)(C(=O)O)CC2)c2ccccc21.CN(c1ccccc1)c1ccccc1F. The summed E-state index contributed by atoms with van der Waals surface area (Å²) < 4.78 is 13.5. The predicted molar refractivity (Wildman–Crippen MR) is 155 cm³/mol. The molecular weight excluding hydrogens is 509 g/mol. The lowest BCUT2D eigenvalue weighted by Gasteiger charge is -2.39. The van der Waals surface area contributed by atoms with Crippen molar-refractivity contribution in [1.82, 2.24) is 4.90 Å². The van der Waals surface area contributed by atoms with E-state index in [4.69, 9.17) is 0 Å². The second kappa shape index (κ2) is 11.9. The number of piperidine rings is 1. The van der Waals surface area contributed by atoms with Crippen molar-refractivity contribution in [2.24, 2.45) is 5.41 Å². The largest absolute Gasteiger partial charge is 0.481 e. The van der Waals surface area contributed by atoms with Crippen LogP contribution in [0.2, 0.25) is 0 Å². The van der Waals surface area contributed by atoms with Gasteiger partial charge in [0.2, 0.25) is 0 Å². The Morgan fingerprint density at radius 1 is 0.950 bits per heavy atom. The molecule has 0 saturated carbocycles. The molecule has 0 unspecified atom stereocenters. The van der Waals surface area contributed by atoms with Crippen LogP contribution < -0.4 is 9.80 Å². The van der Waals surface area contributed by atoms with Crippen molar-refractivity contribution in [2.45, 2.75) is 38.5 Å². The summed E-state index contributed by atoms with van der Waals surface area (Å²) in [6, 6.07) is 24.3. The summed E-state index contributed by atoms with van der Waals surface area (Å²) in [5, 5.41) is 9.48. The third-order valence-corrected chi connectivity index (χ3v) is 7.98. The summed E-state index contributed by atoms with van der Waals surface area (Å²) in [5.41, 5.74) is 2.51. The van der Waals surface area contributed by atoms with E-state index >= 15 is 0 Å². The molecule has 8 heteroatoms. The van der Waals surface area contributed by atoms with Crippen LogP contribution in [-0.4, -0.2) is 55.0 Å². The number of carbonyl (C=O) groups is 3. The molecule has 2 heterocycles. The number of halogens is 1. The summed E-state index contributed by atoms with van der Waals surface area (Å²) in [4.78, 5) is 40.8. The Balaban J connectivity index is 0.000000210. The number of hydrogen-bond donors (Lipinski definition) is 1. The molecule has 40 heavy (non-hydrogen) atoms. The maximum atomic E-state index is 13.5. The monoisotopic (exact) mass is 545 g/mol. The third kappa shape index (κ3) is 5.86. The van der Waals surface area contributed by atoms with E-state index in [0.29, 0.717) is 44.4 Å². The zero-order valence-corrected chi connectivity index (χ0v) is 23.2. The Morgan fingerprint density at radius 2 is 1.55 bits per heavy atom. The number of nitrogens with zero attached hydrogens (tertiary/aromatic N) is 3. The number of aliphatic carboxylic acids is 1. The third-order valence-electron chi connectivity index (χ3n) is 7.98. The molecule has 1 N–H and O–H groups in total. The van der Waals surface area contributed by atoms with Crippen LogP contribution in [0.15, 0.2) is 78.9 Å². The van der Waals surface area contributed by atoms with Crippen molar-refractivity contribution in [3.05, 3.63) is 90.2 Å². The molecule has 2 aliphatic rings. The van der Waals surface area contributed by atoms with Gasteiger partial charge in [-0.2, -0.15) is 0 Å². The second-order valence-corrected chi connectivity index (χ2v) is 11.1. The van der Waals surface area contributed by atoms with Gasteiger partial charge in [-0.15, -0.1) is 0 Å². The van der Waals surface area contributed by atoms with Crippen LogP contribution >= 0.6 is 0 Å². The van der Waals surface area contributed by atoms with Gasteiger partial charge >= 0.3 is 12.0 Å². The molecule has 0 aromatic heterocycles. The topological polar surface area (TPSA) is 81.2 Å². The minimum atomic E-state index is -1.03. The van der Waals surface area contributed by atoms with E-state index in [0.717, 1.165) is 16.9 Å². The van der Waals surface area contributed by atoms with E-state index in [1.165, 1.54) is 6.07 Å². The van der Waals surface area contributed by atoms with E-state index in [1.807, 2.05) is 66.5 Å². The Morgan fingerprint density at radius 3 is 2.17 bits per heavy atom. The quantitative estimate of drug-likeness (QED) is 0.383. The highest BCUT2D eigenvalue weighted by Crippen LogP contribution is 2.42. The number of amides is 2. The molecule has 1 fully saturated rings. The van der Waals surface area contributed by atoms with Gasteiger partial charge < -0.3 is 19.7 Å². The summed E-state index contributed by atoms with van der Waals surface area (Å²) in [7, 11) is 1.85. The lowest BCUT2D eigenvalue weighted by molar-refractivity contribution is -0.153. The number of likely N-dealkylation sites (tertiary alicyclic amines) is 1. The lowest BCUT2D eigenvalue weighted by Crippen LogP contribution is -2.51. The van der Waals surface area contributed by atoms with E-state index < -0.39 is 11.4 Å². The van der Waals surface area contributed by atoms with Gasteiger partial charge in [-0.3, -0.25) is 9.69 Å². The van der Waals surface area contributed by atoms with Crippen molar-refractivity contribution in [3.8, 4) is 0 Å². The summed E-state index contributed by atoms with van der Waals surface area (Å²) in [6.45, 7) is 5.57. The van der Waals surface area contributed by atoms with E-state index in [-0.39, 0.29) is 23.7 Å². The van der Waals surface area contributed by atoms with Gasteiger partial charge in [0, 0.05) is 49.9 Å². The first-order valence-electron chi connectivity index (χ1n) is 13.5. The number of carboxylic acid groups (broad SMARTS) is 1. The number of para-hydroxylation sites is 3. The van der Waals surface area contributed by atoms with Crippen molar-refractivity contribution in [3.63, 3.8) is 0 Å². The number of anilines is 3. The molecule has 0 aliphatic carbocycles. The molecule has 2 amide bonds. The van der Waals surface area contributed by atoms with Crippen molar-refractivity contribution in [1.29, 1.82) is 0 Å². The van der Waals surface area contributed by atoms with Crippen LogP contribution in [0.5, 0.6) is 0 Å². The zero-order valence-electron chi connectivity index (χ0n) is 23.2. The van der Waals surface area contributed by atoms with Crippen molar-refractivity contribution < 1.29 is 23.9 Å². The van der Waals surface area contributed by atoms with Gasteiger partial charge in [0.1, 0.15) is 12.1 Å². The van der Waals surface area contributed by atoms with Crippen LogP contribution in [0.25, 0.3) is 0 Å². The maximum Gasteiger partial charge on any atom is 0.324 e. The average molecular weight is 546 g/mol. The first kappa shape index (κ1) is 28.8.